The van der Waals surface area contributed by atoms with Crippen molar-refractivity contribution in [3.8, 4) is 0 Å². The summed E-state index contributed by atoms with van der Waals surface area (Å²) in [6, 6.07) is -0.0159. The molecule has 1 aliphatic rings. The van der Waals surface area contributed by atoms with Gasteiger partial charge in [0.05, 0.1) is 13.7 Å². The van der Waals surface area contributed by atoms with Crippen LogP contribution in [0.3, 0.4) is 0 Å². The Bertz CT molecular complexity index is 160. The second kappa shape index (κ2) is 4.42. The summed E-state index contributed by atoms with van der Waals surface area (Å²) >= 11 is 0. The van der Waals surface area contributed by atoms with Crippen LogP contribution in [0.4, 0.5) is 0 Å². The molecule has 0 aliphatic carbocycles. The molecule has 0 spiro atoms. The van der Waals surface area contributed by atoms with E-state index >= 15 is 0 Å². The maximum atomic E-state index is 10.9. The molecule has 1 heterocycles. The number of hydrogen-bond acceptors (Lipinski definition) is 4. The number of carbonyl (C=O) groups excluding carboxylic acids is 1. The lowest BCUT2D eigenvalue weighted by Gasteiger charge is -2.27. The first-order valence-electron chi connectivity index (χ1n) is 4.14. The van der Waals surface area contributed by atoms with E-state index in [1.807, 2.05) is 0 Å². The summed E-state index contributed by atoms with van der Waals surface area (Å²) in [6.07, 6.45) is 1.28. The lowest BCUT2D eigenvalue weighted by Crippen LogP contribution is -2.40. The minimum Gasteiger partial charge on any atom is -0.469 e. The highest BCUT2D eigenvalue weighted by Gasteiger charge is 2.24. The molecule has 1 saturated heterocycles. The molecule has 0 aromatic rings. The summed E-state index contributed by atoms with van der Waals surface area (Å²) in [5, 5.41) is 0. The minimum absolute atomic E-state index is 0.0159. The van der Waals surface area contributed by atoms with E-state index < -0.39 is 0 Å². The van der Waals surface area contributed by atoms with Gasteiger partial charge in [-0.25, -0.2) is 0 Å². The molecule has 4 heteroatoms. The van der Waals surface area contributed by atoms with Gasteiger partial charge < -0.3 is 15.2 Å². The number of ether oxygens (including phenoxy) is 2. The number of nitrogens with two attached hydrogens (primary N) is 1. The molecule has 0 radical (unpaired) electrons. The van der Waals surface area contributed by atoms with E-state index in [-0.39, 0.29) is 17.9 Å². The van der Waals surface area contributed by atoms with Crippen LogP contribution in [0.15, 0.2) is 0 Å². The van der Waals surface area contributed by atoms with Crippen molar-refractivity contribution in [3.05, 3.63) is 0 Å². The molecule has 1 rings (SSSR count). The molecule has 0 bridgehead atoms. The van der Waals surface area contributed by atoms with Crippen LogP contribution in [-0.2, 0) is 14.3 Å². The topological polar surface area (TPSA) is 61.5 Å². The Morgan fingerprint density at radius 1 is 1.75 bits per heavy atom. The molecule has 4 nitrogen and oxygen atoms in total. The maximum Gasteiger partial charge on any atom is 0.305 e. The van der Waals surface area contributed by atoms with Gasteiger partial charge in [0.25, 0.3) is 0 Å². The minimum atomic E-state index is -0.183. The molecule has 0 aromatic carbocycles. The van der Waals surface area contributed by atoms with Crippen molar-refractivity contribution in [1.29, 1.82) is 0 Å². The van der Waals surface area contributed by atoms with E-state index in [2.05, 4.69) is 4.74 Å². The average Bonchev–Trinajstić information content (AvgIpc) is 2.09. The van der Waals surface area contributed by atoms with Gasteiger partial charge in [-0.15, -0.1) is 0 Å². The lowest BCUT2D eigenvalue weighted by molar-refractivity contribution is -0.142. The van der Waals surface area contributed by atoms with Crippen LogP contribution in [0.1, 0.15) is 12.8 Å². The molecule has 0 saturated carbocycles. The average molecular weight is 173 g/mol. The zero-order valence-electron chi connectivity index (χ0n) is 7.29. The van der Waals surface area contributed by atoms with E-state index in [9.17, 15) is 4.79 Å². The van der Waals surface area contributed by atoms with Gasteiger partial charge in [0, 0.05) is 19.1 Å². The van der Waals surface area contributed by atoms with E-state index in [0.29, 0.717) is 19.6 Å². The third kappa shape index (κ3) is 2.46. The van der Waals surface area contributed by atoms with Gasteiger partial charge in [-0.2, -0.15) is 0 Å². The highest BCUT2D eigenvalue weighted by molar-refractivity contribution is 5.69. The molecule has 2 N–H and O–H groups in total. The number of hydrogen-bond donors (Lipinski definition) is 1. The first-order chi connectivity index (χ1) is 5.74. The van der Waals surface area contributed by atoms with Crippen molar-refractivity contribution >= 4 is 5.97 Å². The fourth-order valence-corrected chi connectivity index (χ4v) is 1.36. The smallest absolute Gasteiger partial charge is 0.305 e. The van der Waals surface area contributed by atoms with Gasteiger partial charge in [-0.1, -0.05) is 0 Å². The zero-order valence-corrected chi connectivity index (χ0v) is 7.29. The van der Waals surface area contributed by atoms with E-state index in [1.165, 1.54) is 7.11 Å². The van der Waals surface area contributed by atoms with Crippen LogP contribution in [0, 0.1) is 5.92 Å². The van der Waals surface area contributed by atoms with Crippen LogP contribution >= 0.6 is 0 Å². The van der Waals surface area contributed by atoms with Gasteiger partial charge in [0.2, 0.25) is 0 Å². The summed E-state index contributed by atoms with van der Waals surface area (Å²) in [7, 11) is 1.40. The van der Waals surface area contributed by atoms with Gasteiger partial charge in [-0.05, 0) is 12.3 Å². The summed E-state index contributed by atoms with van der Waals surface area (Å²) in [5.74, 6) is 0.0450. The van der Waals surface area contributed by atoms with Crippen molar-refractivity contribution in [2.45, 2.75) is 18.9 Å². The quantitative estimate of drug-likeness (QED) is 0.593. The monoisotopic (exact) mass is 173 g/mol. The summed E-state index contributed by atoms with van der Waals surface area (Å²) in [6.45, 7) is 1.26. The highest BCUT2D eigenvalue weighted by Crippen LogP contribution is 2.17. The van der Waals surface area contributed by atoms with Gasteiger partial charge in [-0.3, -0.25) is 4.79 Å². The molecule has 0 amide bonds. The fourth-order valence-electron chi connectivity index (χ4n) is 1.36. The number of rotatable bonds is 2. The van der Waals surface area contributed by atoms with E-state index in [0.717, 1.165) is 6.42 Å². The maximum absolute atomic E-state index is 10.9. The van der Waals surface area contributed by atoms with Crippen LogP contribution in [0.2, 0.25) is 0 Å². The van der Waals surface area contributed by atoms with Crippen LogP contribution < -0.4 is 5.73 Å². The zero-order chi connectivity index (χ0) is 8.97. The number of carbonyl (C=O) groups is 1. The Hall–Kier alpha value is -0.610. The number of esters is 1. The Kier molecular flexibility index (Phi) is 3.49. The molecule has 2 atom stereocenters. The predicted octanol–water partition coefficient (Wildman–Crippen LogP) is -0.0867. The van der Waals surface area contributed by atoms with Crippen LogP contribution in [0.25, 0.3) is 0 Å². The lowest BCUT2D eigenvalue weighted by atomic mass is 9.92. The summed E-state index contributed by atoms with van der Waals surface area (Å²) in [5.41, 5.74) is 5.75. The summed E-state index contributed by atoms with van der Waals surface area (Å²) < 4.78 is 9.72. The molecule has 70 valence electrons. The first-order valence-corrected chi connectivity index (χ1v) is 4.14. The second-order valence-corrected chi connectivity index (χ2v) is 3.07. The molecular weight excluding hydrogens is 158 g/mol. The van der Waals surface area contributed by atoms with Crippen molar-refractivity contribution in [2.75, 3.05) is 20.3 Å². The highest BCUT2D eigenvalue weighted by atomic mass is 16.5. The van der Waals surface area contributed by atoms with E-state index in [1.54, 1.807) is 0 Å². The Morgan fingerprint density at radius 3 is 3.08 bits per heavy atom. The first kappa shape index (κ1) is 9.48. The van der Waals surface area contributed by atoms with Crippen molar-refractivity contribution in [3.63, 3.8) is 0 Å². The molecule has 0 unspecified atom stereocenters. The third-order valence-electron chi connectivity index (χ3n) is 2.21. The number of methoxy groups -OCH3 is 1. The molecule has 1 aliphatic heterocycles. The predicted molar refractivity (Wildman–Crippen MR) is 43.5 cm³/mol. The molecule has 0 aromatic heterocycles. The molecule has 12 heavy (non-hydrogen) atoms. The Balaban J connectivity index is 2.33. The van der Waals surface area contributed by atoms with Gasteiger partial charge >= 0.3 is 5.97 Å². The van der Waals surface area contributed by atoms with Gasteiger partial charge in [0.1, 0.15) is 0 Å². The largest absolute Gasteiger partial charge is 0.469 e. The van der Waals surface area contributed by atoms with Crippen molar-refractivity contribution in [1.82, 2.24) is 0 Å². The van der Waals surface area contributed by atoms with Gasteiger partial charge in [0.15, 0.2) is 0 Å². The second-order valence-electron chi connectivity index (χ2n) is 3.07. The summed E-state index contributed by atoms with van der Waals surface area (Å²) in [4.78, 5) is 10.9. The fraction of sp³-hybridized carbons (Fsp3) is 0.875. The third-order valence-corrected chi connectivity index (χ3v) is 2.21. The van der Waals surface area contributed by atoms with Crippen molar-refractivity contribution < 1.29 is 14.3 Å². The molecular formula is C8H15NO3. The standard InChI is InChI=1S/C8H15NO3/c1-11-8(10)4-6-2-3-12-5-7(6)9/h6-7H,2-5,9H2,1H3/t6-,7+/m1/s1. The van der Waals surface area contributed by atoms with Crippen LogP contribution in [0.5, 0.6) is 0 Å². The normalized spacial score (nSPS) is 29.8. The molecule has 1 fully saturated rings. The SMILES string of the molecule is COC(=O)C[C@H]1CCOC[C@@H]1N. The van der Waals surface area contributed by atoms with Crippen LogP contribution in [-0.4, -0.2) is 32.3 Å². The van der Waals surface area contributed by atoms with E-state index in [4.69, 9.17) is 10.5 Å². The Morgan fingerprint density at radius 2 is 2.50 bits per heavy atom. The Labute approximate surface area is 72.0 Å². The van der Waals surface area contributed by atoms with Crippen molar-refractivity contribution in [2.24, 2.45) is 11.7 Å².